The fourth-order valence-electron chi connectivity index (χ4n) is 2.91. The molecule has 0 aliphatic heterocycles. The van der Waals surface area contributed by atoms with E-state index in [1.807, 2.05) is 12.1 Å². The molecule has 2 rings (SSSR count). The zero-order valence-electron chi connectivity index (χ0n) is 13.0. The Balaban J connectivity index is 1.61. The standard InChI is InChI=1S/C18H30N2/c1-2-3-4-5-6-7-14-20-15-18(12-13-18)16-8-10-17(19)11-9-16/h8-11,20H,2-7,12-15,19H2,1H3. The third kappa shape index (κ3) is 4.52. The number of benzene rings is 1. The monoisotopic (exact) mass is 274 g/mol. The first-order chi connectivity index (χ1) is 9.77. The van der Waals surface area contributed by atoms with Gasteiger partial charge >= 0.3 is 0 Å². The van der Waals surface area contributed by atoms with Crippen molar-refractivity contribution in [2.45, 2.75) is 63.7 Å². The van der Waals surface area contributed by atoms with E-state index < -0.39 is 0 Å². The Bertz CT molecular complexity index is 379. The molecule has 2 heteroatoms. The minimum absolute atomic E-state index is 0.413. The fraction of sp³-hybridized carbons (Fsp3) is 0.667. The van der Waals surface area contributed by atoms with Gasteiger partial charge < -0.3 is 11.1 Å². The van der Waals surface area contributed by atoms with Gasteiger partial charge in [0.2, 0.25) is 0 Å². The molecule has 20 heavy (non-hydrogen) atoms. The summed E-state index contributed by atoms with van der Waals surface area (Å²) in [4.78, 5) is 0. The minimum Gasteiger partial charge on any atom is -0.399 e. The van der Waals surface area contributed by atoms with Crippen molar-refractivity contribution in [1.29, 1.82) is 0 Å². The van der Waals surface area contributed by atoms with E-state index in [9.17, 15) is 0 Å². The van der Waals surface area contributed by atoms with Crippen LogP contribution in [0.15, 0.2) is 24.3 Å². The van der Waals surface area contributed by atoms with Crippen LogP contribution in [0.4, 0.5) is 5.69 Å². The molecule has 0 spiro atoms. The molecule has 0 heterocycles. The van der Waals surface area contributed by atoms with Crippen LogP contribution in [0.5, 0.6) is 0 Å². The first-order valence-electron chi connectivity index (χ1n) is 8.33. The number of rotatable bonds is 10. The lowest BCUT2D eigenvalue weighted by Crippen LogP contribution is -2.27. The van der Waals surface area contributed by atoms with Gasteiger partial charge in [-0.1, -0.05) is 51.2 Å². The minimum atomic E-state index is 0.413. The number of nitrogens with one attached hydrogen (secondary N) is 1. The highest BCUT2D eigenvalue weighted by Gasteiger charge is 2.43. The predicted molar refractivity (Wildman–Crippen MR) is 88.0 cm³/mol. The topological polar surface area (TPSA) is 38.0 Å². The summed E-state index contributed by atoms with van der Waals surface area (Å²) >= 11 is 0. The van der Waals surface area contributed by atoms with Crippen LogP contribution < -0.4 is 11.1 Å². The second-order valence-electron chi connectivity index (χ2n) is 6.35. The molecule has 0 saturated heterocycles. The Morgan fingerprint density at radius 1 is 1.00 bits per heavy atom. The predicted octanol–water partition coefficient (Wildman–Crippen LogP) is 4.25. The highest BCUT2D eigenvalue weighted by atomic mass is 14.9. The van der Waals surface area contributed by atoms with Crippen molar-refractivity contribution in [2.75, 3.05) is 18.8 Å². The van der Waals surface area contributed by atoms with Gasteiger partial charge in [-0.05, 0) is 43.5 Å². The van der Waals surface area contributed by atoms with E-state index >= 15 is 0 Å². The third-order valence-corrected chi connectivity index (χ3v) is 4.55. The maximum Gasteiger partial charge on any atom is 0.0314 e. The molecule has 1 aromatic rings. The number of unbranched alkanes of at least 4 members (excludes halogenated alkanes) is 5. The van der Waals surface area contributed by atoms with E-state index in [2.05, 4.69) is 24.4 Å². The van der Waals surface area contributed by atoms with Crippen LogP contribution in [0.3, 0.4) is 0 Å². The molecule has 1 saturated carbocycles. The van der Waals surface area contributed by atoms with E-state index in [-0.39, 0.29) is 0 Å². The van der Waals surface area contributed by atoms with E-state index in [0.29, 0.717) is 5.41 Å². The quantitative estimate of drug-likeness (QED) is 0.494. The molecule has 0 atom stereocenters. The van der Waals surface area contributed by atoms with Crippen LogP contribution in [0.2, 0.25) is 0 Å². The van der Waals surface area contributed by atoms with Crippen molar-refractivity contribution in [2.24, 2.45) is 0 Å². The first-order valence-corrected chi connectivity index (χ1v) is 8.33. The lowest BCUT2D eigenvalue weighted by Gasteiger charge is -2.17. The Kier molecular flexibility index (Phi) is 5.90. The lowest BCUT2D eigenvalue weighted by atomic mass is 9.95. The van der Waals surface area contributed by atoms with E-state index in [1.54, 1.807) is 0 Å². The van der Waals surface area contributed by atoms with Crippen molar-refractivity contribution in [1.82, 2.24) is 5.32 Å². The lowest BCUT2D eigenvalue weighted by molar-refractivity contribution is 0.535. The molecule has 112 valence electrons. The van der Waals surface area contributed by atoms with Crippen LogP contribution in [0.25, 0.3) is 0 Å². The molecule has 1 aromatic carbocycles. The molecule has 0 bridgehead atoms. The number of hydrogen-bond acceptors (Lipinski definition) is 2. The van der Waals surface area contributed by atoms with Crippen molar-refractivity contribution >= 4 is 5.69 Å². The van der Waals surface area contributed by atoms with Gasteiger partial charge in [-0.15, -0.1) is 0 Å². The van der Waals surface area contributed by atoms with Crippen molar-refractivity contribution in [3.8, 4) is 0 Å². The third-order valence-electron chi connectivity index (χ3n) is 4.55. The first kappa shape index (κ1) is 15.4. The summed E-state index contributed by atoms with van der Waals surface area (Å²) in [5, 5.41) is 3.66. The summed E-state index contributed by atoms with van der Waals surface area (Å²) in [6.07, 6.45) is 10.9. The maximum atomic E-state index is 5.76. The summed E-state index contributed by atoms with van der Waals surface area (Å²) in [5.74, 6) is 0. The average Bonchev–Trinajstić information content (AvgIpc) is 3.24. The van der Waals surface area contributed by atoms with Gasteiger partial charge in [-0.25, -0.2) is 0 Å². The molecular weight excluding hydrogens is 244 g/mol. The van der Waals surface area contributed by atoms with Crippen LogP contribution in [0.1, 0.15) is 63.9 Å². The van der Waals surface area contributed by atoms with Gasteiger partial charge in [-0.2, -0.15) is 0 Å². The van der Waals surface area contributed by atoms with Crippen LogP contribution >= 0.6 is 0 Å². The normalized spacial score (nSPS) is 16.2. The number of nitrogens with two attached hydrogens (primary N) is 1. The van der Waals surface area contributed by atoms with Gasteiger partial charge in [0.1, 0.15) is 0 Å². The number of hydrogen-bond donors (Lipinski definition) is 2. The summed E-state index contributed by atoms with van der Waals surface area (Å²) in [7, 11) is 0. The number of nitrogen functional groups attached to an aromatic ring is 1. The molecule has 0 radical (unpaired) electrons. The average molecular weight is 274 g/mol. The molecule has 0 unspecified atom stereocenters. The molecule has 1 aliphatic carbocycles. The number of anilines is 1. The van der Waals surface area contributed by atoms with Crippen molar-refractivity contribution < 1.29 is 0 Å². The van der Waals surface area contributed by atoms with E-state index in [0.717, 1.165) is 12.2 Å². The van der Waals surface area contributed by atoms with Crippen LogP contribution in [-0.4, -0.2) is 13.1 Å². The van der Waals surface area contributed by atoms with Crippen molar-refractivity contribution in [3.63, 3.8) is 0 Å². The molecule has 1 fully saturated rings. The van der Waals surface area contributed by atoms with Crippen LogP contribution in [-0.2, 0) is 5.41 Å². The summed E-state index contributed by atoms with van der Waals surface area (Å²) in [6.45, 7) is 4.57. The van der Waals surface area contributed by atoms with Gasteiger partial charge in [0.25, 0.3) is 0 Å². The van der Waals surface area contributed by atoms with Gasteiger partial charge in [0.15, 0.2) is 0 Å². The van der Waals surface area contributed by atoms with E-state index in [4.69, 9.17) is 5.73 Å². The van der Waals surface area contributed by atoms with Gasteiger partial charge in [0.05, 0.1) is 0 Å². The molecule has 1 aliphatic rings. The molecule has 0 amide bonds. The Labute approximate surface area is 124 Å². The zero-order chi connectivity index (χ0) is 14.3. The Morgan fingerprint density at radius 3 is 2.30 bits per heavy atom. The van der Waals surface area contributed by atoms with Gasteiger partial charge in [0, 0.05) is 17.6 Å². The summed E-state index contributed by atoms with van der Waals surface area (Å²) < 4.78 is 0. The zero-order valence-corrected chi connectivity index (χ0v) is 13.0. The summed E-state index contributed by atoms with van der Waals surface area (Å²) in [5.41, 5.74) is 8.50. The fourth-order valence-corrected chi connectivity index (χ4v) is 2.91. The Morgan fingerprint density at radius 2 is 1.65 bits per heavy atom. The smallest absolute Gasteiger partial charge is 0.0314 e. The SMILES string of the molecule is CCCCCCCCNCC1(c2ccc(N)cc2)CC1. The highest BCUT2D eigenvalue weighted by molar-refractivity contribution is 5.43. The molecular formula is C18H30N2. The van der Waals surface area contributed by atoms with Gasteiger partial charge in [-0.3, -0.25) is 0 Å². The largest absolute Gasteiger partial charge is 0.399 e. The molecule has 3 N–H and O–H groups in total. The summed E-state index contributed by atoms with van der Waals surface area (Å²) in [6, 6.07) is 8.47. The maximum absolute atomic E-state index is 5.76. The van der Waals surface area contributed by atoms with E-state index in [1.165, 1.54) is 63.5 Å². The second-order valence-corrected chi connectivity index (χ2v) is 6.35. The highest BCUT2D eigenvalue weighted by Crippen LogP contribution is 2.47. The second kappa shape index (κ2) is 7.68. The molecule has 0 aromatic heterocycles. The Hall–Kier alpha value is -1.02. The van der Waals surface area contributed by atoms with Crippen molar-refractivity contribution in [3.05, 3.63) is 29.8 Å². The van der Waals surface area contributed by atoms with Crippen LogP contribution in [0, 0.1) is 0 Å². The molecule has 2 nitrogen and oxygen atoms in total.